The molecule has 0 fully saturated rings. The van der Waals surface area contributed by atoms with Gasteiger partial charge in [-0.3, -0.25) is 0 Å². The van der Waals surface area contributed by atoms with E-state index in [-0.39, 0.29) is 6.04 Å². The first kappa shape index (κ1) is 5.09. The summed E-state index contributed by atoms with van der Waals surface area (Å²) in [6.45, 7) is 0. The molecule has 0 bridgehead atoms. The van der Waals surface area contributed by atoms with Crippen LogP contribution >= 0.6 is 0 Å². The van der Waals surface area contributed by atoms with Crippen molar-refractivity contribution < 1.29 is 0 Å². The van der Waals surface area contributed by atoms with Crippen molar-refractivity contribution >= 4 is 0 Å². The maximum absolute atomic E-state index is 8.27. The summed E-state index contributed by atoms with van der Waals surface area (Å²) in [7, 11) is 0. The third kappa shape index (κ3) is 0.644. The fourth-order valence-electron chi connectivity index (χ4n) is 0.499. The second-order valence-electron chi connectivity index (χ2n) is 1.47. The Kier molecular flexibility index (Phi) is 1.16. The van der Waals surface area contributed by atoms with Crippen molar-refractivity contribution in [2.45, 2.75) is 6.04 Å². The lowest BCUT2D eigenvalue weighted by Crippen LogP contribution is -2.42. The van der Waals surface area contributed by atoms with Crippen LogP contribution in [-0.4, -0.2) is 11.2 Å². The molecule has 0 radical (unpaired) electrons. The monoisotopic (exact) mass is 110 g/mol. The second kappa shape index (κ2) is 1.82. The van der Waals surface area contributed by atoms with Crippen molar-refractivity contribution in [3.8, 4) is 6.07 Å². The molecule has 1 aliphatic heterocycles. The molecule has 0 aliphatic carbocycles. The molecule has 3 N–H and O–H groups in total. The fraction of sp³-hybridized carbons (Fsp3) is 0.250. The zero-order chi connectivity index (χ0) is 5.98. The zero-order valence-corrected chi connectivity index (χ0v) is 4.20. The number of hydrogen-bond donors (Lipinski definition) is 2. The van der Waals surface area contributed by atoms with E-state index in [0.717, 1.165) is 0 Å². The Morgan fingerprint density at radius 1 is 1.88 bits per heavy atom. The van der Waals surface area contributed by atoms with Crippen molar-refractivity contribution in [3.63, 3.8) is 0 Å². The number of rotatable bonds is 0. The van der Waals surface area contributed by atoms with E-state index in [1.807, 2.05) is 6.07 Å². The Balaban J connectivity index is 2.57. The van der Waals surface area contributed by atoms with Crippen LogP contribution in [0.15, 0.2) is 12.3 Å². The summed E-state index contributed by atoms with van der Waals surface area (Å²) in [5.74, 6) is 5.23. The van der Waals surface area contributed by atoms with Crippen LogP contribution in [0.5, 0.6) is 0 Å². The van der Waals surface area contributed by atoms with Crippen molar-refractivity contribution in [2.24, 2.45) is 5.84 Å². The SMILES string of the molecule is N#CC1C=CNN1N. The molecule has 0 saturated carbocycles. The number of hydrazine groups is 2. The van der Waals surface area contributed by atoms with Crippen LogP contribution in [-0.2, 0) is 0 Å². The average molecular weight is 110 g/mol. The minimum absolute atomic E-state index is 0.310. The summed E-state index contributed by atoms with van der Waals surface area (Å²) in [6, 6.07) is 1.66. The smallest absolute Gasteiger partial charge is 0.151 e. The highest BCUT2D eigenvalue weighted by Gasteiger charge is 2.13. The van der Waals surface area contributed by atoms with Gasteiger partial charge in [0.1, 0.15) is 0 Å². The van der Waals surface area contributed by atoms with Crippen molar-refractivity contribution in [3.05, 3.63) is 12.3 Å². The summed E-state index contributed by atoms with van der Waals surface area (Å²) >= 11 is 0. The first-order chi connectivity index (χ1) is 3.84. The van der Waals surface area contributed by atoms with Gasteiger partial charge in [-0.25, -0.2) is 5.84 Å². The van der Waals surface area contributed by atoms with Crippen LogP contribution in [0.1, 0.15) is 0 Å². The maximum Gasteiger partial charge on any atom is 0.151 e. The predicted octanol–water partition coefficient (Wildman–Crippen LogP) is -0.914. The lowest BCUT2D eigenvalue weighted by molar-refractivity contribution is 0.239. The van der Waals surface area contributed by atoms with Crippen molar-refractivity contribution in [2.75, 3.05) is 0 Å². The Morgan fingerprint density at radius 2 is 2.62 bits per heavy atom. The molecule has 0 aromatic heterocycles. The highest BCUT2D eigenvalue weighted by molar-refractivity contribution is 5.08. The molecule has 0 aromatic carbocycles. The van der Waals surface area contributed by atoms with Gasteiger partial charge in [0.25, 0.3) is 0 Å². The largest absolute Gasteiger partial charge is 0.312 e. The van der Waals surface area contributed by atoms with E-state index in [1.165, 1.54) is 5.12 Å². The van der Waals surface area contributed by atoms with Gasteiger partial charge in [0.05, 0.1) is 6.07 Å². The Bertz CT molecular complexity index is 145. The fourth-order valence-corrected chi connectivity index (χ4v) is 0.499. The Hall–Kier alpha value is -1.05. The number of hydrogen-bond acceptors (Lipinski definition) is 4. The van der Waals surface area contributed by atoms with E-state index in [0.29, 0.717) is 0 Å². The van der Waals surface area contributed by atoms with Gasteiger partial charge in [-0.15, -0.1) is 5.12 Å². The number of nitrogens with two attached hydrogens (primary N) is 1. The van der Waals surface area contributed by atoms with E-state index < -0.39 is 0 Å². The molecule has 1 aliphatic rings. The molecular formula is C4H6N4. The van der Waals surface area contributed by atoms with Crippen LogP contribution in [0.3, 0.4) is 0 Å². The minimum atomic E-state index is -0.310. The lowest BCUT2D eigenvalue weighted by Gasteiger charge is -2.10. The van der Waals surface area contributed by atoms with Gasteiger partial charge in [0.2, 0.25) is 0 Å². The zero-order valence-electron chi connectivity index (χ0n) is 4.20. The maximum atomic E-state index is 8.27. The van der Waals surface area contributed by atoms with Gasteiger partial charge in [-0.2, -0.15) is 5.26 Å². The van der Waals surface area contributed by atoms with Gasteiger partial charge >= 0.3 is 0 Å². The normalized spacial score (nSPS) is 27.2. The molecule has 0 spiro atoms. The molecule has 4 nitrogen and oxygen atoms in total. The second-order valence-corrected chi connectivity index (χ2v) is 1.47. The summed E-state index contributed by atoms with van der Waals surface area (Å²) in [6.07, 6.45) is 3.31. The van der Waals surface area contributed by atoms with Gasteiger partial charge in [0.15, 0.2) is 6.04 Å². The molecule has 4 heteroatoms. The van der Waals surface area contributed by atoms with Crippen LogP contribution in [0.2, 0.25) is 0 Å². The molecule has 0 amide bonds. The minimum Gasteiger partial charge on any atom is -0.312 e. The van der Waals surface area contributed by atoms with E-state index in [2.05, 4.69) is 5.43 Å². The van der Waals surface area contributed by atoms with Crippen LogP contribution in [0, 0.1) is 11.3 Å². The number of nitrogens with zero attached hydrogens (tertiary/aromatic N) is 2. The number of nitriles is 1. The molecule has 42 valence electrons. The quantitative estimate of drug-likeness (QED) is 0.396. The summed E-state index contributed by atoms with van der Waals surface area (Å²) in [5.41, 5.74) is 2.63. The van der Waals surface area contributed by atoms with Gasteiger partial charge in [-0.05, 0) is 6.08 Å². The lowest BCUT2D eigenvalue weighted by atomic mass is 10.3. The summed E-state index contributed by atoms with van der Waals surface area (Å²) in [4.78, 5) is 0. The highest BCUT2D eigenvalue weighted by atomic mass is 15.7. The van der Waals surface area contributed by atoms with Gasteiger partial charge in [-0.1, -0.05) is 0 Å². The third-order valence-corrected chi connectivity index (χ3v) is 0.934. The van der Waals surface area contributed by atoms with Crippen molar-refractivity contribution in [1.82, 2.24) is 10.5 Å². The molecule has 0 saturated heterocycles. The number of nitrogens with one attached hydrogen (secondary N) is 1. The molecule has 1 atom stereocenters. The third-order valence-electron chi connectivity index (χ3n) is 0.934. The van der Waals surface area contributed by atoms with Gasteiger partial charge < -0.3 is 5.43 Å². The Morgan fingerprint density at radius 3 is 2.88 bits per heavy atom. The van der Waals surface area contributed by atoms with Gasteiger partial charge in [0, 0.05) is 6.20 Å². The molecule has 8 heavy (non-hydrogen) atoms. The van der Waals surface area contributed by atoms with E-state index in [1.54, 1.807) is 12.3 Å². The Labute approximate surface area is 47.1 Å². The standard InChI is InChI=1S/C4H6N4/c5-3-4-1-2-7-8(4)6/h1-2,4,7H,6H2. The molecule has 1 rings (SSSR count). The van der Waals surface area contributed by atoms with E-state index in [4.69, 9.17) is 11.1 Å². The highest BCUT2D eigenvalue weighted by Crippen LogP contribution is 1.95. The van der Waals surface area contributed by atoms with Crippen LogP contribution in [0.4, 0.5) is 0 Å². The van der Waals surface area contributed by atoms with Crippen molar-refractivity contribution in [1.29, 1.82) is 5.26 Å². The first-order valence-electron chi connectivity index (χ1n) is 2.21. The predicted molar refractivity (Wildman–Crippen MR) is 27.7 cm³/mol. The molecular weight excluding hydrogens is 104 g/mol. The molecule has 1 unspecified atom stereocenters. The first-order valence-corrected chi connectivity index (χ1v) is 2.21. The topological polar surface area (TPSA) is 65.1 Å². The summed E-state index contributed by atoms with van der Waals surface area (Å²) < 4.78 is 0. The average Bonchev–Trinajstić information content (AvgIpc) is 2.14. The van der Waals surface area contributed by atoms with E-state index >= 15 is 0 Å². The summed E-state index contributed by atoms with van der Waals surface area (Å²) in [5, 5.41) is 9.51. The molecule has 0 aromatic rings. The van der Waals surface area contributed by atoms with Crippen LogP contribution in [0.25, 0.3) is 0 Å². The van der Waals surface area contributed by atoms with Crippen LogP contribution < -0.4 is 11.3 Å². The van der Waals surface area contributed by atoms with E-state index in [9.17, 15) is 0 Å². The molecule has 1 heterocycles.